The molecule has 1 aromatic heterocycles. The Morgan fingerprint density at radius 2 is 2.12 bits per heavy atom. The average Bonchev–Trinajstić information content (AvgIpc) is 2.24. The number of anilines is 1. The van der Waals surface area contributed by atoms with E-state index in [1.165, 1.54) is 0 Å². The molecule has 4 heteroatoms. The van der Waals surface area contributed by atoms with Crippen molar-refractivity contribution in [3.8, 4) is 0 Å². The van der Waals surface area contributed by atoms with Gasteiger partial charge in [0, 0.05) is 31.4 Å². The smallest absolute Gasteiger partial charge is 0.133 e. The minimum atomic E-state index is -0.743. The van der Waals surface area contributed by atoms with E-state index in [9.17, 15) is 5.11 Å². The molecule has 0 bridgehead atoms. The van der Waals surface area contributed by atoms with Crippen LogP contribution in [-0.2, 0) is 6.54 Å². The Bertz CT molecular complexity index is 371. The number of aliphatic hydroxyl groups is 1. The summed E-state index contributed by atoms with van der Waals surface area (Å²) in [6.07, 6.45) is 1.79. The Hall–Kier alpha value is -1.13. The second-order valence-electron chi connectivity index (χ2n) is 4.96. The molecule has 0 saturated heterocycles. The SMILES string of the molecule is CCN(CC(C)(C)O)c1nccc(C)c1CN. The standard InChI is InChI=1S/C13H23N3O/c1-5-16(9-13(3,4)17)12-11(8-14)10(2)6-7-15-12/h6-7,17H,5,8-9,14H2,1-4H3. The number of aromatic nitrogens is 1. The largest absolute Gasteiger partial charge is 0.389 e. The molecular formula is C13H23N3O. The Kier molecular flexibility index (Phi) is 4.48. The summed E-state index contributed by atoms with van der Waals surface area (Å²) in [5.74, 6) is 0.886. The molecule has 1 aromatic rings. The first-order chi connectivity index (χ1) is 7.89. The Morgan fingerprint density at radius 1 is 1.47 bits per heavy atom. The van der Waals surface area contributed by atoms with Crippen molar-refractivity contribution >= 4 is 5.82 Å². The second-order valence-corrected chi connectivity index (χ2v) is 4.96. The summed E-state index contributed by atoms with van der Waals surface area (Å²) < 4.78 is 0. The summed E-state index contributed by atoms with van der Waals surface area (Å²) in [6, 6.07) is 1.96. The molecule has 0 saturated carbocycles. The zero-order valence-electron chi connectivity index (χ0n) is 11.2. The quantitative estimate of drug-likeness (QED) is 0.813. The fraction of sp³-hybridized carbons (Fsp3) is 0.615. The Balaban J connectivity index is 3.07. The third-order valence-electron chi connectivity index (χ3n) is 2.73. The van der Waals surface area contributed by atoms with E-state index in [0.29, 0.717) is 13.1 Å². The maximum Gasteiger partial charge on any atom is 0.133 e. The average molecular weight is 237 g/mol. The molecule has 0 unspecified atom stereocenters. The lowest BCUT2D eigenvalue weighted by Crippen LogP contribution is -2.39. The van der Waals surface area contributed by atoms with Gasteiger partial charge in [-0.15, -0.1) is 0 Å². The zero-order valence-corrected chi connectivity index (χ0v) is 11.2. The van der Waals surface area contributed by atoms with Crippen LogP contribution in [0, 0.1) is 6.92 Å². The summed E-state index contributed by atoms with van der Waals surface area (Å²) >= 11 is 0. The highest BCUT2D eigenvalue weighted by Crippen LogP contribution is 2.21. The lowest BCUT2D eigenvalue weighted by molar-refractivity contribution is 0.0874. The molecule has 0 aliphatic heterocycles. The summed E-state index contributed by atoms with van der Waals surface area (Å²) in [6.45, 7) is 9.50. The molecule has 96 valence electrons. The number of aryl methyl sites for hydroxylation is 1. The predicted octanol–water partition coefficient (Wildman–Crippen LogP) is 1.45. The van der Waals surface area contributed by atoms with E-state index in [4.69, 9.17) is 5.73 Å². The lowest BCUT2D eigenvalue weighted by Gasteiger charge is -2.30. The maximum absolute atomic E-state index is 9.91. The number of rotatable bonds is 5. The van der Waals surface area contributed by atoms with Gasteiger partial charge in [-0.3, -0.25) is 0 Å². The molecule has 0 radical (unpaired) electrons. The van der Waals surface area contributed by atoms with Crippen molar-refractivity contribution in [3.05, 3.63) is 23.4 Å². The van der Waals surface area contributed by atoms with Gasteiger partial charge in [0.1, 0.15) is 5.82 Å². The van der Waals surface area contributed by atoms with Gasteiger partial charge in [0.25, 0.3) is 0 Å². The Labute approximate surface area is 103 Å². The van der Waals surface area contributed by atoms with Crippen LogP contribution in [0.1, 0.15) is 31.9 Å². The molecule has 4 nitrogen and oxygen atoms in total. The van der Waals surface area contributed by atoms with E-state index >= 15 is 0 Å². The van der Waals surface area contributed by atoms with Crippen molar-refractivity contribution in [3.63, 3.8) is 0 Å². The van der Waals surface area contributed by atoms with Crippen LogP contribution in [0.15, 0.2) is 12.3 Å². The van der Waals surface area contributed by atoms with Gasteiger partial charge in [-0.05, 0) is 39.3 Å². The minimum absolute atomic E-state index is 0.470. The number of pyridine rings is 1. The Morgan fingerprint density at radius 3 is 2.59 bits per heavy atom. The van der Waals surface area contributed by atoms with E-state index in [1.54, 1.807) is 20.0 Å². The molecule has 0 amide bonds. The van der Waals surface area contributed by atoms with Gasteiger partial charge in [-0.1, -0.05) is 0 Å². The second kappa shape index (κ2) is 5.47. The van der Waals surface area contributed by atoms with Crippen LogP contribution in [0.2, 0.25) is 0 Å². The maximum atomic E-state index is 9.91. The van der Waals surface area contributed by atoms with Crippen LogP contribution in [-0.4, -0.2) is 28.8 Å². The molecule has 0 aliphatic carbocycles. The van der Waals surface area contributed by atoms with E-state index in [1.807, 2.05) is 13.0 Å². The minimum Gasteiger partial charge on any atom is -0.389 e. The van der Waals surface area contributed by atoms with E-state index in [2.05, 4.69) is 16.8 Å². The molecule has 0 aromatic carbocycles. The number of likely N-dealkylation sites (N-methyl/N-ethyl adjacent to an activating group) is 1. The van der Waals surface area contributed by atoms with Gasteiger partial charge in [-0.25, -0.2) is 4.98 Å². The molecular weight excluding hydrogens is 214 g/mol. The van der Waals surface area contributed by atoms with Crippen molar-refractivity contribution < 1.29 is 5.11 Å². The lowest BCUT2D eigenvalue weighted by atomic mass is 10.1. The number of hydrogen-bond donors (Lipinski definition) is 2. The van der Waals surface area contributed by atoms with Gasteiger partial charge >= 0.3 is 0 Å². The first kappa shape index (κ1) is 13.9. The van der Waals surface area contributed by atoms with Crippen molar-refractivity contribution in [1.29, 1.82) is 0 Å². The van der Waals surface area contributed by atoms with E-state index in [-0.39, 0.29) is 0 Å². The number of hydrogen-bond acceptors (Lipinski definition) is 4. The van der Waals surface area contributed by atoms with Crippen molar-refractivity contribution in [2.45, 2.75) is 39.8 Å². The van der Waals surface area contributed by atoms with Crippen molar-refractivity contribution in [2.24, 2.45) is 5.73 Å². The topological polar surface area (TPSA) is 62.4 Å². The molecule has 3 N–H and O–H groups in total. The highest BCUT2D eigenvalue weighted by atomic mass is 16.3. The van der Waals surface area contributed by atoms with Gasteiger partial charge < -0.3 is 15.7 Å². The van der Waals surface area contributed by atoms with Crippen molar-refractivity contribution in [1.82, 2.24) is 4.98 Å². The highest BCUT2D eigenvalue weighted by Gasteiger charge is 2.20. The molecule has 0 atom stereocenters. The van der Waals surface area contributed by atoms with E-state index < -0.39 is 5.60 Å². The third-order valence-corrected chi connectivity index (χ3v) is 2.73. The molecule has 17 heavy (non-hydrogen) atoms. The summed E-state index contributed by atoms with van der Waals surface area (Å²) in [4.78, 5) is 6.47. The van der Waals surface area contributed by atoms with Crippen molar-refractivity contribution in [2.75, 3.05) is 18.0 Å². The highest BCUT2D eigenvalue weighted by molar-refractivity contribution is 5.50. The third kappa shape index (κ3) is 3.68. The summed E-state index contributed by atoms with van der Waals surface area (Å²) in [5, 5.41) is 9.91. The van der Waals surface area contributed by atoms with Gasteiger partial charge in [0.2, 0.25) is 0 Å². The van der Waals surface area contributed by atoms with Gasteiger partial charge in [0.05, 0.1) is 5.60 Å². The zero-order chi connectivity index (χ0) is 13.1. The first-order valence-electron chi connectivity index (χ1n) is 6.01. The van der Waals surface area contributed by atoms with Gasteiger partial charge in [0.15, 0.2) is 0 Å². The van der Waals surface area contributed by atoms with Gasteiger partial charge in [-0.2, -0.15) is 0 Å². The normalized spacial score (nSPS) is 11.6. The fourth-order valence-electron chi connectivity index (χ4n) is 1.90. The van der Waals surface area contributed by atoms with Crippen LogP contribution in [0.5, 0.6) is 0 Å². The summed E-state index contributed by atoms with van der Waals surface area (Å²) in [7, 11) is 0. The number of nitrogens with two attached hydrogens (primary N) is 1. The first-order valence-corrected chi connectivity index (χ1v) is 6.01. The molecule has 1 rings (SSSR count). The molecule has 0 spiro atoms. The van der Waals surface area contributed by atoms with Crippen LogP contribution in [0.4, 0.5) is 5.82 Å². The number of nitrogens with zero attached hydrogens (tertiary/aromatic N) is 2. The predicted molar refractivity (Wildman–Crippen MR) is 71.1 cm³/mol. The molecule has 0 aliphatic rings. The van der Waals surface area contributed by atoms with Crippen LogP contribution in [0.3, 0.4) is 0 Å². The monoisotopic (exact) mass is 237 g/mol. The summed E-state index contributed by atoms with van der Waals surface area (Å²) in [5.41, 5.74) is 7.24. The molecule has 0 fully saturated rings. The van der Waals surface area contributed by atoms with Crippen LogP contribution < -0.4 is 10.6 Å². The fourth-order valence-corrected chi connectivity index (χ4v) is 1.90. The van der Waals surface area contributed by atoms with Crippen LogP contribution in [0.25, 0.3) is 0 Å². The van der Waals surface area contributed by atoms with E-state index in [0.717, 1.165) is 23.5 Å². The molecule has 1 heterocycles. The van der Waals surface area contributed by atoms with Crippen LogP contribution >= 0.6 is 0 Å².